The molecule has 11 heteroatoms. The zero-order valence-corrected chi connectivity index (χ0v) is 21.0. The van der Waals surface area contributed by atoms with Crippen LogP contribution in [0.15, 0.2) is 12.7 Å². The van der Waals surface area contributed by atoms with Gasteiger partial charge in [-0.15, -0.1) is 18.3 Å². The van der Waals surface area contributed by atoms with E-state index in [9.17, 15) is 24.6 Å². The summed E-state index contributed by atoms with van der Waals surface area (Å²) < 4.78 is 4.63. The van der Waals surface area contributed by atoms with E-state index in [-0.39, 0.29) is 35.0 Å². The fraction of sp³-hybridized carbons (Fsp3) is 0.773. The van der Waals surface area contributed by atoms with Crippen molar-refractivity contribution in [3.63, 3.8) is 0 Å². The number of likely N-dealkylation sites (tertiary alicyclic amines) is 1. The molecule has 0 radical (unpaired) electrons. The summed E-state index contributed by atoms with van der Waals surface area (Å²) in [6.45, 7) is 8.48. The van der Waals surface area contributed by atoms with Gasteiger partial charge in [-0.1, -0.05) is 22.0 Å². The Bertz CT molecular complexity index is 796. The molecule has 1 spiro atoms. The van der Waals surface area contributed by atoms with Gasteiger partial charge in [0.05, 0.1) is 29.8 Å². The standard InChI is InChI=1S/C22H32BrN3O6S/c1-2-4-25(7-6-24-8-11-32-12-9-24)20(29)18-22-13-14(23)17(33-22)15(21(30)31)16(22)19(28)26(18)5-3-10-27/h2,14-18,27H,1,3-13H2,(H,30,31)/t14?,15-,16+,17-,18?,22?/m1/s1. The van der Waals surface area contributed by atoms with E-state index in [1.54, 1.807) is 15.9 Å². The van der Waals surface area contributed by atoms with Gasteiger partial charge in [0.25, 0.3) is 0 Å². The lowest BCUT2D eigenvalue weighted by Crippen LogP contribution is -2.56. The molecule has 4 rings (SSSR count). The van der Waals surface area contributed by atoms with Crippen molar-refractivity contribution in [3.05, 3.63) is 12.7 Å². The van der Waals surface area contributed by atoms with E-state index in [1.807, 2.05) is 0 Å². The molecule has 2 amide bonds. The van der Waals surface area contributed by atoms with Crippen LogP contribution in [-0.4, -0.2) is 123 Å². The molecular weight excluding hydrogens is 514 g/mol. The van der Waals surface area contributed by atoms with E-state index in [0.29, 0.717) is 45.7 Å². The van der Waals surface area contributed by atoms with Crippen molar-refractivity contribution in [3.8, 4) is 0 Å². The molecule has 4 saturated heterocycles. The third kappa shape index (κ3) is 4.35. The third-order valence-corrected chi connectivity index (χ3v) is 10.5. The molecule has 0 saturated carbocycles. The van der Waals surface area contributed by atoms with Crippen LogP contribution in [0.2, 0.25) is 0 Å². The van der Waals surface area contributed by atoms with E-state index < -0.39 is 28.6 Å². The number of alkyl halides is 1. The Labute approximate surface area is 206 Å². The molecule has 3 unspecified atom stereocenters. The Morgan fingerprint density at radius 1 is 1.33 bits per heavy atom. The monoisotopic (exact) mass is 545 g/mol. The number of carboxylic acids is 1. The second kappa shape index (κ2) is 10.2. The van der Waals surface area contributed by atoms with Gasteiger partial charge in [-0.25, -0.2) is 0 Å². The number of morpholine rings is 1. The Balaban J connectivity index is 1.62. The lowest BCUT2D eigenvalue weighted by molar-refractivity contribution is -0.148. The number of nitrogens with zero attached hydrogens (tertiary/aromatic N) is 3. The fourth-order valence-corrected chi connectivity index (χ4v) is 9.48. The minimum absolute atomic E-state index is 0.0676. The lowest BCUT2D eigenvalue weighted by atomic mass is 9.71. The topological polar surface area (TPSA) is 111 Å². The molecule has 2 N–H and O–H groups in total. The predicted molar refractivity (Wildman–Crippen MR) is 127 cm³/mol. The number of carboxylic acid groups (broad SMARTS) is 1. The SMILES string of the molecule is C=CCN(CCN1CCOCC1)C(=O)C1N(CCCO)C(=O)[C@@H]2[C@@H](C(=O)O)[C@@H]3SC12CC3Br. The largest absolute Gasteiger partial charge is 0.481 e. The van der Waals surface area contributed by atoms with Crippen LogP contribution in [0, 0.1) is 11.8 Å². The van der Waals surface area contributed by atoms with Crippen LogP contribution < -0.4 is 0 Å². The molecule has 9 nitrogen and oxygen atoms in total. The smallest absolute Gasteiger partial charge is 0.308 e. The Kier molecular flexibility index (Phi) is 7.74. The van der Waals surface area contributed by atoms with Crippen molar-refractivity contribution in [1.82, 2.24) is 14.7 Å². The number of amides is 2. The highest BCUT2D eigenvalue weighted by molar-refractivity contribution is 9.09. The van der Waals surface area contributed by atoms with Crippen LogP contribution in [0.1, 0.15) is 12.8 Å². The molecule has 4 aliphatic rings. The van der Waals surface area contributed by atoms with Crippen molar-refractivity contribution in [1.29, 1.82) is 0 Å². The van der Waals surface area contributed by atoms with Gasteiger partial charge in [0, 0.05) is 56.0 Å². The molecule has 0 aromatic carbocycles. The first kappa shape index (κ1) is 25.0. The van der Waals surface area contributed by atoms with Gasteiger partial charge in [0.1, 0.15) is 6.04 Å². The highest BCUT2D eigenvalue weighted by Gasteiger charge is 2.75. The second-order valence-corrected chi connectivity index (χ2v) is 11.9. The first-order valence-corrected chi connectivity index (χ1v) is 13.3. The van der Waals surface area contributed by atoms with Crippen LogP contribution in [0.5, 0.6) is 0 Å². The predicted octanol–water partition coefficient (Wildman–Crippen LogP) is 0.265. The Morgan fingerprint density at radius 2 is 2.06 bits per heavy atom. The maximum absolute atomic E-state index is 14.0. The summed E-state index contributed by atoms with van der Waals surface area (Å²) in [6.07, 6.45) is 2.60. The van der Waals surface area contributed by atoms with Gasteiger partial charge in [0.2, 0.25) is 11.8 Å². The normalized spacial score (nSPS) is 35.6. The van der Waals surface area contributed by atoms with E-state index in [1.165, 1.54) is 11.8 Å². The van der Waals surface area contributed by atoms with Crippen LogP contribution in [0.3, 0.4) is 0 Å². The summed E-state index contributed by atoms with van der Waals surface area (Å²) in [5, 5.41) is 19.1. The summed E-state index contributed by atoms with van der Waals surface area (Å²) in [6, 6.07) is -0.745. The number of aliphatic carboxylic acids is 1. The molecular formula is C22H32BrN3O6S. The minimum Gasteiger partial charge on any atom is -0.481 e. The van der Waals surface area contributed by atoms with E-state index in [4.69, 9.17) is 4.74 Å². The zero-order chi connectivity index (χ0) is 23.8. The van der Waals surface area contributed by atoms with E-state index in [2.05, 4.69) is 27.4 Å². The molecule has 0 aromatic rings. The number of hydrogen-bond acceptors (Lipinski definition) is 7. The molecule has 4 fully saturated rings. The third-order valence-electron chi connectivity index (χ3n) is 7.32. The molecule has 0 aliphatic carbocycles. The van der Waals surface area contributed by atoms with E-state index >= 15 is 0 Å². The molecule has 33 heavy (non-hydrogen) atoms. The number of carbonyl (C=O) groups excluding carboxylic acids is 2. The Hall–Kier alpha value is -1.14. The molecule has 2 bridgehead atoms. The summed E-state index contributed by atoms with van der Waals surface area (Å²) in [5.74, 6) is -2.96. The first-order valence-electron chi connectivity index (χ1n) is 11.5. The van der Waals surface area contributed by atoms with Crippen LogP contribution in [0.25, 0.3) is 0 Å². The Morgan fingerprint density at radius 3 is 2.70 bits per heavy atom. The molecule has 4 heterocycles. The van der Waals surface area contributed by atoms with Crippen molar-refractivity contribution >= 4 is 45.5 Å². The second-order valence-electron chi connectivity index (χ2n) is 9.14. The average Bonchev–Trinajstić information content (AvgIpc) is 3.39. The molecule has 4 aliphatic heterocycles. The van der Waals surface area contributed by atoms with Gasteiger partial charge >= 0.3 is 5.97 Å². The van der Waals surface area contributed by atoms with Crippen molar-refractivity contribution < 1.29 is 29.3 Å². The van der Waals surface area contributed by atoms with Gasteiger partial charge in [-0.3, -0.25) is 19.3 Å². The summed E-state index contributed by atoms with van der Waals surface area (Å²) in [7, 11) is 0. The van der Waals surface area contributed by atoms with E-state index in [0.717, 1.165) is 13.1 Å². The van der Waals surface area contributed by atoms with Crippen LogP contribution in [-0.2, 0) is 19.1 Å². The highest BCUT2D eigenvalue weighted by Crippen LogP contribution is 2.67. The van der Waals surface area contributed by atoms with Crippen LogP contribution >= 0.6 is 27.7 Å². The first-order chi connectivity index (χ1) is 15.9. The van der Waals surface area contributed by atoms with Crippen molar-refractivity contribution in [2.75, 3.05) is 59.1 Å². The number of carbonyl (C=O) groups is 3. The minimum atomic E-state index is -0.984. The van der Waals surface area contributed by atoms with Crippen molar-refractivity contribution in [2.45, 2.75) is 33.7 Å². The lowest BCUT2D eigenvalue weighted by Gasteiger charge is -2.38. The molecule has 6 atom stereocenters. The maximum Gasteiger partial charge on any atom is 0.308 e. The number of ether oxygens (including phenoxy) is 1. The maximum atomic E-state index is 14.0. The van der Waals surface area contributed by atoms with Gasteiger partial charge in [-0.05, 0) is 12.8 Å². The average molecular weight is 546 g/mol. The zero-order valence-electron chi connectivity index (χ0n) is 18.6. The van der Waals surface area contributed by atoms with Gasteiger partial charge < -0.3 is 24.7 Å². The number of thioether (sulfide) groups is 1. The van der Waals surface area contributed by atoms with Crippen molar-refractivity contribution in [2.24, 2.45) is 11.8 Å². The van der Waals surface area contributed by atoms with Gasteiger partial charge in [-0.2, -0.15) is 0 Å². The number of aliphatic hydroxyl groups is 1. The highest BCUT2D eigenvalue weighted by atomic mass is 79.9. The van der Waals surface area contributed by atoms with Crippen LogP contribution in [0.4, 0.5) is 0 Å². The number of halogens is 1. The fourth-order valence-electron chi connectivity index (χ4n) is 5.88. The summed E-state index contributed by atoms with van der Waals surface area (Å²) in [4.78, 5) is 45.2. The summed E-state index contributed by atoms with van der Waals surface area (Å²) >= 11 is 5.14. The number of aliphatic hydroxyl groups excluding tert-OH is 1. The summed E-state index contributed by atoms with van der Waals surface area (Å²) in [5.41, 5.74) is 0. The van der Waals surface area contributed by atoms with Gasteiger partial charge in [0.15, 0.2) is 0 Å². The molecule has 184 valence electrons. The number of hydrogen-bond donors (Lipinski definition) is 2. The number of fused-ring (bicyclic) bond motifs is 1. The molecule has 0 aromatic heterocycles. The quantitative estimate of drug-likeness (QED) is 0.297. The number of rotatable bonds is 10.